The third-order valence-electron chi connectivity index (χ3n) is 6.34. The normalized spacial score (nSPS) is 16.7. The van der Waals surface area contributed by atoms with Crippen LogP contribution in [0.15, 0.2) is 57.9 Å². The molecule has 1 aromatic heterocycles. The maximum atomic E-state index is 12.4. The topological polar surface area (TPSA) is 88.7 Å². The Morgan fingerprint density at radius 2 is 1.62 bits per heavy atom. The first-order chi connectivity index (χ1) is 16.2. The lowest BCUT2D eigenvalue weighted by Gasteiger charge is -2.30. The van der Waals surface area contributed by atoms with Crippen molar-refractivity contribution in [2.75, 3.05) is 24.6 Å². The van der Waals surface area contributed by atoms with Crippen LogP contribution in [0.5, 0.6) is 5.75 Å². The molecule has 0 spiro atoms. The number of anilines is 1. The Balaban J connectivity index is 1.28. The van der Waals surface area contributed by atoms with Crippen molar-refractivity contribution >= 4 is 16.2 Å². The van der Waals surface area contributed by atoms with Crippen LogP contribution in [-0.2, 0) is 14.4 Å². The lowest BCUT2D eigenvalue weighted by atomic mass is 9.98. The molecule has 1 aliphatic rings. The van der Waals surface area contributed by atoms with E-state index in [-0.39, 0.29) is 11.2 Å². The second-order valence-electron chi connectivity index (χ2n) is 9.50. The highest BCUT2D eigenvalue weighted by atomic mass is 32.3. The molecule has 0 bridgehead atoms. The van der Waals surface area contributed by atoms with Gasteiger partial charge in [0.25, 0.3) is 0 Å². The van der Waals surface area contributed by atoms with Gasteiger partial charge in [-0.15, -0.1) is 0 Å². The summed E-state index contributed by atoms with van der Waals surface area (Å²) < 4.78 is 34.1. The average molecular weight is 485 g/mol. The summed E-state index contributed by atoms with van der Waals surface area (Å²) in [7, 11) is -3.01. The van der Waals surface area contributed by atoms with Gasteiger partial charge in [-0.2, -0.15) is 9.54 Å². The van der Waals surface area contributed by atoms with Crippen LogP contribution in [0.25, 0.3) is 11.1 Å². The van der Waals surface area contributed by atoms with Crippen LogP contribution in [-0.4, -0.2) is 39.6 Å². The minimum Gasteiger partial charge on any atom is -0.493 e. The van der Waals surface area contributed by atoms with Crippen LogP contribution < -0.4 is 9.64 Å². The Labute approximate surface area is 202 Å². The molecule has 1 fully saturated rings. The lowest BCUT2D eigenvalue weighted by molar-refractivity contribution is 0.220. The molecular weight excluding hydrogens is 450 g/mol. The molecule has 1 N–H and O–H groups in total. The molecule has 1 atom stereocenters. The van der Waals surface area contributed by atoms with Gasteiger partial charge >= 0.3 is 6.01 Å². The summed E-state index contributed by atoms with van der Waals surface area (Å²) in [6, 6.07) is 15.9. The Morgan fingerprint density at radius 1 is 1.03 bits per heavy atom. The Kier molecular flexibility index (Phi) is 7.38. The molecule has 0 amide bonds. The highest BCUT2D eigenvalue weighted by molar-refractivity contribution is 7.98. The molecule has 1 unspecified atom stereocenters. The molecule has 2 heterocycles. The van der Waals surface area contributed by atoms with E-state index < -0.39 is 10.2 Å². The molecule has 8 heteroatoms. The standard InChI is InChI=1S/C26H33N3O4S/c1-18(2)25-27-26(33-28-25)29-15-13-20(14-16-29)17-32-23-9-5-21(6-10-23)22-7-11-24(12-8-22)34(30,31)19(3)4/h5-12,18-20H,13-17H2,1-4H3/p+1. The summed E-state index contributed by atoms with van der Waals surface area (Å²) in [6.07, 6.45) is 2.04. The van der Waals surface area contributed by atoms with Crippen LogP contribution in [0.2, 0.25) is 0 Å². The first-order valence-electron chi connectivity index (χ1n) is 11.9. The molecule has 1 aliphatic heterocycles. The third-order valence-corrected chi connectivity index (χ3v) is 8.56. The Morgan fingerprint density at radius 3 is 2.15 bits per heavy atom. The molecule has 3 aromatic rings. The molecule has 0 aliphatic carbocycles. The second kappa shape index (κ2) is 10.3. The van der Waals surface area contributed by atoms with Gasteiger partial charge in [0.2, 0.25) is 10.2 Å². The van der Waals surface area contributed by atoms with Crippen LogP contribution >= 0.6 is 0 Å². The van der Waals surface area contributed by atoms with Gasteiger partial charge in [-0.1, -0.05) is 35.3 Å². The zero-order chi connectivity index (χ0) is 24.3. The third kappa shape index (κ3) is 5.50. The number of ether oxygens (including phenoxy) is 1. The summed E-state index contributed by atoms with van der Waals surface area (Å²) >= 11 is 0. The van der Waals surface area contributed by atoms with Crippen molar-refractivity contribution in [1.29, 1.82) is 0 Å². The van der Waals surface area contributed by atoms with E-state index in [1.165, 1.54) is 0 Å². The van der Waals surface area contributed by atoms with E-state index >= 15 is 0 Å². The van der Waals surface area contributed by atoms with Gasteiger partial charge in [0, 0.05) is 19.0 Å². The number of aromatic nitrogens is 2. The van der Waals surface area contributed by atoms with E-state index in [4.69, 9.17) is 9.26 Å². The zero-order valence-electron chi connectivity index (χ0n) is 20.3. The molecule has 7 nitrogen and oxygen atoms in total. The van der Waals surface area contributed by atoms with Gasteiger partial charge in [0.15, 0.2) is 16.0 Å². The van der Waals surface area contributed by atoms with E-state index in [1.807, 2.05) is 36.4 Å². The highest BCUT2D eigenvalue weighted by Gasteiger charge is 2.33. The number of nitrogens with zero attached hydrogens (tertiary/aromatic N) is 3. The van der Waals surface area contributed by atoms with Gasteiger partial charge in [-0.05, 0) is 80.1 Å². The largest absolute Gasteiger partial charge is 0.493 e. The predicted molar refractivity (Wildman–Crippen MR) is 135 cm³/mol. The van der Waals surface area contributed by atoms with Gasteiger partial charge in [-0.25, -0.2) is 0 Å². The minimum absolute atomic E-state index is 0.262. The molecule has 1 saturated heterocycles. The quantitative estimate of drug-likeness (QED) is 0.398. The Hall–Kier alpha value is -2.71. The monoisotopic (exact) mass is 484 g/mol. The molecule has 34 heavy (non-hydrogen) atoms. The first-order valence-corrected chi connectivity index (χ1v) is 13.5. The SMILES string of the molecule is CC(C)c1noc(N2CCC(COc3ccc(-c4ccc([S+](=O)(O)C(C)C)cc4)cc3)CC2)n1. The van der Waals surface area contributed by atoms with E-state index in [2.05, 4.69) is 28.9 Å². The molecule has 4 rings (SSSR count). The van der Waals surface area contributed by atoms with Gasteiger partial charge < -0.3 is 14.2 Å². The minimum atomic E-state index is -3.01. The number of hydrogen-bond acceptors (Lipinski definition) is 6. The van der Waals surface area contributed by atoms with Crippen LogP contribution in [0.4, 0.5) is 6.01 Å². The van der Waals surface area contributed by atoms with Crippen molar-refractivity contribution in [1.82, 2.24) is 10.1 Å². The summed E-state index contributed by atoms with van der Waals surface area (Å²) in [5, 5.41) is 3.74. The van der Waals surface area contributed by atoms with Crippen molar-refractivity contribution in [2.24, 2.45) is 5.92 Å². The number of benzene rings is 2. The predicted octanol–water partition coefficient (Wildman–Crippen LogP) is 5.90. The number of rotatable bonds is 8. The summed E-state index contributed by atoms with van der Waals surface area (Å²) in [4.78, 5) is 7.13. The summed E-state index contributed by atoms with van der Waals surface area (Å²) in [6.45, 7) is 10.1. The van der Waals surface area contributed by atoms with E-state index in [9.17, 15) is 8.76 Å². The fraction of sp³-hybridized carbons (Fsp3) is 0.462. The van der Waals surface area contributed by atoms with Crippen molar-refractivity contribution in [3.63, 3.8) is 0 Å². The van der Waals surface area contributed by atoms with E-state index in [0.29, 0.717) is 23.4 Å². The number of piperidine rings is 1. The average Bonchev–Trinajstić information content (AvgIpc) is 3.34. The fourth-order valence-electron chi connectivity index (χ4n) is 3.95. The molecule has 2 aromatic carbocycles. The highest BCUT2D eigenvalue weighted by Crippen LogP contribution is 2.28. The van der Waals surface area contributed by atoms with Gasteiger partial charge in [0.1, 0.15) is 5.75 Å². The molecular formula is C26H34N3O4S+. The van der Waals surface area contributed by atoms with Crippen molar-refractivity contribution in [3.8, 4) is 16.9 Å². The lowest BCUT2D eigenvalue weighted by Crippen LogP contribution is -2.35. The van der Waals surface area contributed by atoms with Gasteiger partial charge in [0.05, 0.1) is 6.61 Å². The van der Waals surface area contributed by atoms with E-state index in [1.54, 1.807) is 26.0 Å². The Bertz CT molecular complexity index is 1120. The fourth-order valence-corrected chi connectivity index (χ4v) is 5.02. The van der Waals surface area contributed by atoms with E-state index in [0.717, 1.165) is 48.6 Å². The summed E-state index contributed by atoms with van der Waals surface area (Å²) in [5.74, 6) is 2.35. The van der Waals surface area contributed by atoms with Crippen LogP contribution in [0.1, 0.15) is 52.3 Å². The second-order valence-corrected chi connectivity index (χ2v) is 12.0. The number of hydrogen-bond donors (Lipinski definition) is 1. The maximum Gasteiger partial charge on any atom is 0.324 e. The smallest absolute Gasteiger partial charge is 0.324 e. The maximum absolute atomic E-state index is 12.4. The van der Waals surface area contributed by atoms with Crippen molar-refractivity contribution in [2.45, 2.75) is 56.6 Å². The molecule has 0 radical (unpaired) electrons. The van der Waals surface area contributed by atoms with Crippen molar-refractivity contribution in [3.05, 3.63) is 54.4 Å². The van der Waals surface area contributed by atoms with Crippen LogP contribution in [0.3, 0.4) is 0 Å². The first kappa shape index (κ1) is 24.4. The molecule has 182 valence electrons. The van der Waals surface area contributed by atoms with Crippen molar-refractivity contribution < 1.29 is 18.0 Å². The van der Waals surface area contributed by atoms with Crippen LogP contribution in [0, 0.1) is 5.92 Å². The molecule has 0 saturated carbocycles. The van der Waals surface area contributed by atoms with Gasteiger partial charge in [-0.3, -0.25) is 0 Å². The summed E-state index contributed by atoms with van der Waals surface area (Å²) in [5.41, 5.74) is 2.05. The zero-order valence-corrected chi connectivity index (χ0v) is 21.1.